The zero-order chi connectivity index (χ0) is 29.1. The summed E-state index contributed by atoms with van der Waals surface area (Å²) in [4.78, 5) is 27.1. The first-order chi connectivity index (χ1) is 20.6. The van der Waals surface area contributed by atoms with Gasteiger partial charge in [0.25, 0.3) is 11.8 Å². The van der Waals surface area contributed by atoms with Crippen LogP contribution in [-0.2, 0) is 0 Å². The van der Waals surface area contributed by atoms with E-state index in [4.69, 9.17) is 9.47 Å². The Balaban J connectivity index is 1.34. The quantitative estimate of drug-likeness (QED) is 0.209. The van der Waals surface area contributed by atoms with Gasteiger partial charge in [0.1, 0.15) is 11.5 Å². The van der Waals surface area contributed by atoms with Gasteiger partial charge >= 0.3 is 0 Å². The van der Waals surface area contributed by atoms with Gasteiger partial charge in [0.15, 0.2) is 0 Å². The Kier molecular flexibility index (Phi) is 7.26. The van der Waals surface area contributed by atoms with Crippen LogP contribution in [0.3, 0.4) is 0 Å². The Hall–Kier alpha value is -5.62. The van der Waals surface area contributed by atoms with Gasteiger partial charge in [-0.2, -0.15) is 0 Å². The molecule has 6 aromatic rings. The van der Waals surface area contributed by atoms with Gasteiger partial charge in [0.2, 0.25) is 0 Å². The molecule has 0 unspecified atom stereocenters. The molecule has 0 atom stereocenters. The number of carbonyl (C=O) groups is 2. The fourth-order valence-corrected chi connectivity index (χ4v) is 5.16. The van der Waals surface area contributed by atoms with Crippen LogP contribution in [0, 0.1) is 0 Å². The van der Waals surface area contributed by atoms with E-state index in [-0.39, 0.29) is 11.8 Å². The molecule has 0 spiro atoms. The summed E-state index contributed by atoms with van der Waals surface area (Å²) in [5.41, 5.74) is 3.57. The third-order valence-electron chi connectivity index (χ3n) is 7.27. The number of benzene rings is 6. The molecule has 42 heavy (non-hydrogen) atoms. The summed E-state index contributed by atoms with van der Waals surface area (Å²) in [6.07, 6.45) is 0. The average Bonchev–Trinajstić information content (AvgIpc) is 3.04. The van der Waals surface area contributed by atoms with Crippen LogP contribution in [0.2, 0.25) is 0 Å². The molecule has 0 aliphatic heterocycles. The number of rotatable bonds is 7. The summed E-state index contributed by atoms with van der Waals surface area (Å²) in [6.45, 7) is 0. The summed E-state index contributed by atoms with van der Waals surface area (Å²) in [5, 5.41) is 9.98. The van der Waals surface area contributed by atoms with E-state index in [1.54, 1.807) is 14.2 Å². The number of para-hydroxylation sites is 2. The lowest BCUT2D eigenvalue weighted by atomic mass is 10.00. The minimum Gasteiger partial charge on any atom is -0.496 e. The zero-order valence-corrected chi connectivity index (χ0v) is 23.2. The highest BCUT2D eigenvalue weighted by molar-refractivity contribution is 6.12. The maximum atomic E-state index is 13.6. The maximum Gasteiger partial charge on any atom is 0.259 e. The number of ether oxygens (including phenoxy) is 2. The standard InChI is InChI=1S/C36H28N2O4/c1-41-33-21-25-13-5-3-11-23(25)19-29(33)35(39)37-31-17-9-7-15-27(31)28-16-8-10-18-32(28)38-36(40)30-20-24-12-4-6-14-26(24)22-34(30)42-2/h3-22H,1-2H3,(H,37,39)(H,38,40). The molecule has 0 aliphatic carbocycles. The van der Waals surface area contributed by atoms with Crippen molar-refractivity contribution in [2.24, 2.45) is 0 Å². The fraction of sp³-hybridized carbons (Fsp3) is 0.0556. The Labute approximate surface area is 243 Å². The molecule has 0 aliphatic rings. The molecule has 0 fully saturated rings. The molecule has 0 radical (unpaired) electrons. The van der Waals surface area contributed by atoms with Crippen molar-refractivity contribution in [1.29, 1.82) is 0 Å². The first-order valence-electron chi connectivity index (χ1n) is 13.5. The Bertz CT molecular complexity index is 1820. The van der Waals surface area contributed by atoms with Crippen LogP contribution in [0.5, 0.6) is 11.5 Å². The van der Waals surface area contributed by atoms with Crippen LogP contribution in [-0.4, -0.2) is 26.0 Å². The summed E-state index contributed by atoms with van der Waals surface area (Å²) >= 11 is 0. The van der Waals surface area contributed by atoms with Crippen molar-refractivity contribution in [3.05, 3.63) is 132 Å². The molecule has 206 valence electrons. The predicted octanol–water partition coefficient (Wildman–Crippen LogP) is 8.18. The smallest absolute Gasteiger partial charge is 0.259 e. The topological polar surface area (TPSA) is 76.7 Å². The van der Waals surface area contributed by atoms with E-state index in [9.17, 15) is 9.59 Å². The number of carbonyl (C=O) groups excluding carboxylic acids is 2. The van der Waals surface area contributed by atoms with Crippen molar-refractivity contribution in [2.45, 2.75) is 0 Å². The normalized spacial score (nSPS) is 10.8. The van der Waals surface area contributed by atoms with Crippen LogP contribution in [0.4, 0.5) is 11.4 Å². The number of hydrogen-bond acceptors (Lipinski definition) is 4. The van der Waals surface area contributed by atoms with Gasteiger partial charge in [-0.15, -0.1) is 0 Å². The summed E-state index contributed by atoms with van der Waals surface area (Å²) in [5.74, 6) is 0.376. The number of fused-ring (bicyclic) bond motifs is 2. The maximum absolute atomic E-state index is 13.6. The molecule has 6 nitrogen and oxygen atoms in total. The third kappa shape index (κ3) is 5.13. The SMILES string of the molecule is COc1cc2ccccc2cc1C(=O)Nc1ccccc1-c1ccccc1NC(=O)c1cc2ccccc2cc1OC. The lowest BCUT2D eigenvalue weighted by Gasteiger charge is -2.17. The van der Waals surface area contributed by atoms with E-state index in [1.807, 2.05) is 121 Å². The van der Waals surface area contributed by atoms with E-state index in [1.165, 1.54) is 0 Å². The van der Waals surface area contributed by atoms with Gasteiger partial charge in [-0.05, 0) is 57.9 Å². The number of anilines is 2. The van der Waals surface area contributed by atoms with E-state index >= 15 is 0 Å². The van der Waals surface area contributed by atoms with Crippen LogP contribution in [0.25, 0.3) is 32.7 Å². The van der Waals surface area contributed by atoms with Crippen molar-refractivity contribution in [3.8, 4) is 22.6 Å². The minimum absolute atomic E-state index is 0.299. The van der Waals surface area contributed by atoms with E-state index < -0.39 is 0 Å². The van der Waals surface area contributed by atoms with Gasteiger partial charge in [-0.25, -0.2) is 0 Å². The zero-order valence-electron chi connectivity index (χ0n) is 23.2. The number of hydrogen-bond donors (Lipinski definition) is 2. The molecule has 2 amide bonds. The second kappa shape index (κ2) is 11.5. The number of methoxy groups -OCH3 is 2. The van der Waals surface area contributed by atoms with Crippen molar-refractivity contribution >= 4 is 44.7 Å². The molecule has 6 rings (SSSR count). The van der Waals surface area contributed by atoms with Gasteiger partial charge < -0.3 is 20.1 Å². The number of nitrogens with one attached hydrogen (secondary N) is 2. The van der Waals surface area contributed by atoms with Crippen molar-refractivity contribution in [3.63, 3.8) is 0 Å². The molecule has 6 aromatic carbocycles. The Morgan fingerprint density at radius 2 is 0.810 bits per heavy atom. The molecule has 0 heterocycles. The Morgan fingerprint density at radius 3 is 1.19 bits per heavy atom. The lowest BCUT2D eigenvalue weighted by molar-refractivity contribution is 0.101. The average molecular weight is 553 g/mol. The molecule has 0 saturated heterocycles. The largest absolute Gasteiger partial charge is 0.496 e. The molecule has 0 saturated carbocycles. The minimum atomic E-state index is -0.299. The molecule has 6 heteroatoms. The van der Waals surface area contributed by atoms with Crippen LogP contribution in [0.1, 0.15) is 20.7 Å². The molecule has 2 N–H and O–H groups in total. The highest BCUT2D eigenvalue weighted by atomic mass is 16.5. The first-order valence-corrected chi connectivity index (χ1v) is 13.5. The predicted molar refractivity (Wildman–Crippen MR) is 169 cm³/mol. The van der Waals surface area contributed by atoms with E-state index in [0.717, 1.165) is 32.7 Å². The van der Waals surface area contributed by atoms with Gasteiger partial charge in [0.05, 0.1) is 25.3 Å². The fourth-order valence-electron chi connectivity index (χ4n) is 5.16. The molecular weight excluding hydrogens is 524 g/mol. The monoisotopic (exact) mass is 552 g/mol. The second-order valence-electron chi connectivity index (χ2n) is 9.80. The number of amides is 2. The van der Waals surface area contributed by atoms with Crippen LogP contribution < -0.4 is 20.1 Å². The van der Waals surface area contributed by atoms with Crippen LogP contribution >= 0.6 is 0 Å². The van der Waals surface area contributed by atoms with E-state index in [2.05, 4.69) is 10.6 Å². The Morgan fingerprint density at radius 1 is 0.476 bits per heavy atom. The van der Waals surface area contributed by atoms with Crippen molar-refractivity contribution < 1.29 is 19.1 Å². The molecular formula is C36H28N2O4. The van der Waals surface area contributed by atoms with Crippen molar-refractivity contribution in [1.82, 2.24) is 0 Å². The van der Waals surface area contributed by atoms with E-state index in [0.29, 0.717) is 34.0 Å². The molecule has 0 bridgehead atoms. The lowest BCUT2D eigenvalue weighted by Crippen LogP contribution is -2.15. The van der Waals surface area contributed by atoms with Gasteiger partial charge in [-0.3, -0.25) is 9.59 Å². The molecule has 0 aromatic heterocycles. The highest BCUT2D eigenvalue weighted by Crippen LogP contribution is 2.36. The second-order valence-corrected chi connectivity index (χ2v) is 9.80. The first kappa shape index (κ1) is 26.6. The van der Waals surface area contributed by atoms with Crippen LogP contribution in [0.15, 0.2) is 121 Å². The summed E-state index contributed by atoms with van der Waals surface area (Å²) < 4.78 is 11.1. The van der Waals surface area contributed by atoms with Crippen molar-refractivity contribution in [2.75, 3.05) is 24.9 Å². The highest BCUT2D eigenvalue weighted by Gasteiger charge is 2.19. The summed E-state index contributed by atoms with van der Waals surface area (Å²) in [7, 11) is 3.11. The third-order valence-corrected chi connectivity index (χ3v) is 7.27. The summed E-state index contributed by atoms with van der Waals surface area (Å²) in [6, 6.07) is 38.0. The van der Waals surface area contributed by atoms with Gasteiger partial charge in [0, 0.05) is 22.5 Å². The van der Waals surface area contributed by atoms with Gasteiger partial charge in [-0.1, -0.05) is 84.9 Å².